The van der Waals surface area contributed by atoms with E-state index in [1.54, 1.807) is 0 Å². The minimum absolute atomic E-state index is 0.676. The van der Waals surface area contributed by atoms with Crippen LogP contribution in [-0.2, 0) is 13.1 Å². The maximum atomic E-state index is 6.13. The molecule has 0 atom stereocenters. The van der Waals surface area contributed by atoms with E-state index in [1.807, 2.05) is 42.6 Å². The van der Waals surface area contributed by atoms with Crippen LogP contribution in [0.4, 0.5) is 0 Å². The van der Waals surface area contributed by atoms with E-state index in [0.717, 1.165) is 61.6 Å². The first kappa shape index (κ1) is 23.2. The number of pyridine rings is 1. The van der Waals surface area contributed by atoms with Crippen molar-refractivity contribution in [2.75, 3.05) is 39.5 Å². The molecule has 0 spiro atoms. The number of rotatable bonds is 5. The normalized spacial score (nSPS) is 16.7. The molecule has 0 unspecified atom stereocenters. The topological polar surface area (TPSA) is 40.6 Å². The molecule has 1 aromatic heterocycles. The van der Waals surface area contributed by atoms with Crippen molar-refractivity contribution in [3.05, 3.63) is 70.3 Å². The summed E-state index contributed by atoms with van der Waals surface area (Å²) in [7, 11) is 0. The third-order valence-electron chi connectivity index (χ3n) is 5.96. The van der Waals surface area contributed by atoms with Gasteiger partial charge in [-0.3, -0.25) is 14.8 Å². The Bertz CT molecular complexity index is 992. The number of benzene rings is 2. The summed E-state index contributed by atoms with van der Waals surface area (Å²) in [5.74, 6) is 0.993. The summed E-state index contributed by atoms with van der Waals surface area (Å²) in [5, 5.41) is 4.67. The molecule has 2 aliphatic rings. The molecule has 32 heavy (non-hydrogen) atoms. The minimum Gasteiger partial charge on any atom is -0.475 e. The summed E-state index contributed by atoms with van der Waals surface area (Å²) < 4.78 is 7.27. The Morgan fingerprint density at radius 2 is 1.88 bits per heavy atom. The highest BCUT2D eigenvalue weighted by Crippen LogP contribution is 2.35. The second-order valence-electron chi connectivity index (χ2n) is 8.42. The van der Waals surface area contributed by atoms with Crippen molar-refractivity contribution in [2.45, 2.75) is 32.9 Å². The van der Waals surface area contributed by atoms with Crippen LogP contribution in [0.5, 0.6) is 5.75 Å². The van der Waals surface area contributed by atoms with Gasteiger partial charge in [0, 0.05) is 67.4 Å². The number of hydrogen-bond donors (Lipinski definition) is 1. The van der Waals surface area contributed by atoms with Gasteiger partial charge in [0.2, 0.25) is 0 Å². The van der Waals surface area contributed by atoms with Gasteiger partial charge in [-0.05, 0) is 36.2 Å². The maximum Gasteiger partial charge on any atom is 0.152 e. The van der Waals surface area contributed by atoms with Crippen molar-refractivity contribution >= 4 is 26.8 Å². The van der Waals surface area contributed by atoms with Gasteiger partial charge in [-0.1, -0.05) is 53.5 Å². The molecule has 3 aromatic rings. The van der Waals surface area contributed by atoms with Crippen molar-refractivity contribution in [3.8, 4) is 5.75 Å². The van der Waals surface area contributed by atoms with Crippen LogP contribution >= 0.6 is 15.9 Å². The van der Waals surface area contributed by atoms with Crippen LogP contribution < -0.4 is 10.1 Å². The summed E-state index contributed by atoms with van der Waals surface area (Å²) in [6.07, 6.45) is 4.32. The van der Waals surface area contributed by atoms with Crippen LogP contribution in [0.15, 0.2) is 59.2 Å². The number of hydrogen-bond acceptors (Lipinski definition) is 5. The summed E-state index contributed by atoms with van der Waals surface area (Å²) in [6.45, 7) is 10.4. The second kappa shape index (κ2) is 11.8. The molecule has 1 fully saturated rings. The van der Waals surface area contributed by atoms with E-state index in [-0.39, 0.29) is 0 Å². The van der Waals surface area contributed by atoms with E-state index in [1.165, 1.54) is 29.4 Å². The Morgan fingerprint density at radius 1 is 1.06 bits per heavy atom. The highest BCUT2D eigenvalue weighted by atomic mass is 79.9. The Morgan fingerprint density at radius 3 is 2.59 bits per heavy atom. The molecule has 3 heterocycles. The Hall–Kier alpha value is -1.99. The summed E-state index contributed by atoms with van der Waals surface area (Å²) in [5.41, 5.74) is 3.70. The van der Waals surface area contributed by atoms with E-state index >= 15 is 0 Å². The largest absolute Gasteiger partial charge is 0.475 e. The number of halogens is 1. The van der Waals surface area contributed by atoms with Crippen molar-refractivity contribution in [2.24, 2.45) is 0 Å². The average Bonchev–Trinajstić information content (AvgIpc) is 2.84. The number of nitrogens with zero attached hydrogens (tertiary/aromatic N) is 3. The first-order valence-corrected chi connectivity index (χ1v) is 12.4. The molecule has 0 aliphatic carbocycles. The maximum absolute atomic E-state index is 6.13. The van der Waals surface area contributed by atoms with Crippen LogP contribution in [0.25, 0.3) is 10.9 Å². The number of piperazine rings is 1. The van der Waals surface area contributed by atoms with Crippen LogP contribution in [0.2, 0.25) is 0 Å². The lowest BCUT2D eigenvalue weighted by Gasteiger charge is -2.31. The predicted octanol–water partition coefficient (Wildman–Crippen LogP) is 5.04. The van der Waals surface area contributed by atoms with Crippen molar-refractivity contribution < 1.29 is 4.74 Å². The molecule has 1 saturated heterocycles. The van der Waals surface area contributed by atoms with E-state index in [9.17, 15) is 0 Å². The zero-order chi connectivity index (χ0) is 22.2. The molecule has 5 rings (SSSR count). The third-order valence-corrected chi connectivity index (χ3v) is 6.49. The molecule has 1 N–H and O–H groups in total. The zero-order valence-electron chi connectivity index (χ0n) is 18.9. The van der Waals surface area contributed by atoms with Crippen LogP contribution in [0, 0.1) is 0 Å². The molecule has 0 radical (unpaired) electrons. The number of fused-ring (bicyclic) bond motifs is 3. The van der Waals surface area contributed by atoms with E-state index in [2.05, 4.69) is 55.1 Å². The molecule has 170 valence electrons. The van der Waals surface area contributed by atoms with Gasteiger partial charge < -0.3 is 10.1 Å². The van der Waals surface area contributed by atoms with E-state index < -0.39 is 0 Å². The van der Waals surface area contributed by atoms with Crippen LogP contribution in [0.3, 0.4) is 0 Å². The highest BCUT2D eigenvalue weighted by Gasteiger charge is 2.22. The van der Waals surface area contributed by atoms with Gasteiger partial charge >= 0.3 is 0 Å². The molecule has 6 heteroatoms. The summed E-state index contributed by atoms with van der Waals surface area (Å²) in [6, 6.07) is 16.6. The van der Waals surface area contributed by atoms with Gasteiger partial charge in [-0.2, -0.15) is 0 Å². The SMILES string of the molecule is Brc1ccccc1.CCCCN1COc2c(cc(CN3CCNCC3)c3cccnc23)C1. The molecule has 2 aromatic carbocycles. The number of nitrogens with one attached hydrogen (secondary N) is 1. The Balaban J connectivity index is 0.000000300. The minimum atomic E-state index is 0.676. The van der Waals surface area contributed by atoms with Gasteiger partial charge in [0.05, 0.1) is 0 Å². The van der Waals surface area contributed by atoms with E-state index in [4.69, 9.17) is 4.74 Å². The molecule has 5 nitrogen and oxygen atoms in total. The molecule has 0 bridgehead atoms. The standard InChI is InChI=1S/C20H28N4O.C6H5Br/c1-2-3-9-24-14-17-12-16(13-23-10-7-21-8-11-23)18-5-4-6-22-19(18)20(17)25-15-24;7-6-4-2-1-3-5-6/h4-6,12,21H,2-3,7-11,13-15H2,1H3;1-5H. The van der Waals surface area contributed by atoms with Gasteiger partial charge in [-0.25, -0.2) is 0 Å². The fraction of sp³-hybridized carbons (Fsp3) is 0.423. The molecule has 0 saturated carbocycles. The lowest BCUT2D eigenvalue weighted by Crippen LogP contribution is -2.43. The first-order chi connectivity index (χ1) is 15.7. The van der Waals surface area contributed by atoms with Gasteiger partial charge in [0.15, 0.2) is 5.75 Å². The molecule has 2 aliphatic heterocycles. The number of aromatic nitrogens is 1. The average molecular weight is 497 g/mol. The van der Waals surface area contributed by atoms with Gasteiger partial charge in [0.1, 0.15) is 12.2 Å². The van der Waals surface area contributed by atoms with Crippen molar-refractivity contribution in [1.82, 2.24) is 20.1 Å². The fourth-order valence-corrected chi connectivity index (χ4v) is 4.56. The summed E-state index contributed by atoms with van der Waals surface area (Å²) >= 11 is 3.31. The van der Waals surface area contributed by atoms with Crippen LogP contribution in [-0.4, -0.2) is 54.2 Å². The zero-order valence-corrected chi connectivity index (χ0v) is 20.5. The molecular formula is C26H33BrN4O. The Labute approximate surface area is 199 Å². The second-order valence-corrected chi connectivity index (χ2v) is 9.34. The lowest BCUT2D eigenvalue weighted by atomic mass is 10.0. The monoisotopic (exact) mass is 496 g/mol. The van der Waals surface area contributed by atoms with Crippen molar-refractivity contribution in [3.63, 3.8) is 0 Å². The van der Waals surface area contributed by atoms with Gasteiger partial charge in [0.25, 0.3) is 0 Å². The molecule has 0 amide bonds. The van der Waals surface area contributed by atoms with E-state index in [0.29, 0.717) is 6.73 Å². The third kappa shape index (κ3) is 6.07. The van der Waals surface area contributed by atoms with Crippen LogP contribution in [0.1, 0.15) is 30.9 Å². The lowest BCUT2D eigenvalue weighted by molar-refractivity contribution is 0.0954. The quantitative estimate of drug-likeness (QED) is 0.535. The highest BCUT2D eigenvalue weighted by molar-refractivity contribution is 9.10. The molecular weight excluding hydrogens is 464 g/mol. The first-order valence-electron chi connectivity index (χ1n) is 11.6. The number of unbranched alkanes of at least 4 members (excludes halogenated alkanes) is 1. The number of ether oxygens (including phenoxy) is 1. The van der Waals surface area contributed by atoms with Gasteiger partial charge in [-0.15, -0.1) is 0 Å². The summed E-state index contributed by atoms with van der Waals surface area (Å²) in [4.78, 5) is 9.59. The Kier molecular flexibility index (Phi) is 8.51. The smallest absolute Gasteiger partial charge is 0.152 e. The van der Waals surface area contributed by atoms with Crippen molar-refractivity contribution in [1.29, 1.82) is 0 Å². The predicted molar refractivity (Wildman–Crippen MR) is 135 cm³/mol. The fourth-order valence-electron chi connectivity index (χ4n) is 4.25.